The number of nitrogens with zero attached hydrogens (tertiary/aromatic N) is 3. The van der Waals surface area contributed by atoms with Gasteiger partial charge in [0, 0.05) is 5.56 Å². The maximum Gasteiger partial charge on any atom is 0.159 e. The minimum absolute atomic E-state index is 0.295. The molecule has 2 rings (SSSR count). The molecule has 19 heavy (non-hydrogen) atoms. The maximum atomic E-state index is 12.8. The number of hydroxylamine groups is 2. The molecular formula is C14H16FN3O. The molecule has 1 aromatic rings. The van der Waals surface area contributed by atoms with Crippen molar-refractivity contribution >= 4 is 12.1 Å². The lowest BCUT2D eigenvalue weighted by molar-refractivity contribution is -0.110. The van der Waals surface area contributed by atoms with Crippen LogP contribution in [0.4, 0.5) is 4.39 Å². The Balaban J connectivity index is 2.20. The monoisotopic (exact) mass is 261 g/mol. The number of hydrogen-bond donors (Lipinski definition) is 1. The van der Waals surface area contributed by atoms with Crippen LogP contribution < -0.4 is 0 Å². The maximum absolute atomic E-state index is 12.8. The van der Waals surface area contributed by atoms with E-state index in [0.29, 0.717) is 11.5 Å². The Bertz CT molecular complexity index is 553. The highest BCUT2D eigenvalue weighted by Crippen LogP contribution is 2.16. The summed E-state index contributed by atoms with van der Waals surface area (Å²) in [6, 6.07) is 5.97. The van der Waals surface area contributed by atoms with E-state index in [9.17, 15) is 9.60 Å². The number of rotatable bonds is 2. The minimum atomic E-state index is -0.408. The summed E-state index contributed by atoms with van der Waals surface area (Å²) in [4.78, 5) is 8.42. The second-order valence-corrected chi connectivity index (χ2v) is 5.27. The van der Waals surface area contributed by atoms with Crippen LogP contribution >= 0.6 is 0 Å². The molecule has 0 saturated carbocycles. The SMILES string of the molecule is CC(C)(C)N(O)C=C1C=NC(c2ccc(F)cc2)=N1. The molecule has 0 saturated heterocycles. The van der Waals surface area contributed by atoms with Crippen molar-refractivity contribution in [3.63, 3.8) is 0 Å². The molecule has 0 aromatic heterocycles. The van der Waals surface area contributed by atoms with Crippen LogP contribution in [0, 0.1) is 5.82 Å². The smallest absolute Gasteiger partial charge is 0.159 e. The van der Waals surface area contributed by atoms with Gasteiger partial charge in [-0.1, -0.05) is 0 Å². The first-order chi connectivity index (χ1) is 8.86. The summed E-state index contributed by atoms with van der Waals surface area (Å²) in [7, 11) is 0. The van der Waals surface area contributed by atoms with Gasteiger partial charge in [-0.05, 0) is 45.0 Å². The fourth-order valence-corrected chi connectivity index (χ4v) is 1.43. The fourth-order valence-electron chi connectivity index (χ4n) is 1.43. The zero-order valence-electron chi connectivity index (χ0n) is 11.1. The van der Waals surface area contributed by atoms with E-state index in [1.165, 1.54) is 18.3 Å². The van der Waals surface area contributed by atoms with Gasteiger partial charge in [-0.15, -0.1) is 0 Å². The highest BCUT2D eigenvalue weighted by molar-refractivity contribution is 6.10. The second kappa shape index (κ2) is 4.93. The van der Waals surface area contributed by atoms with Crippen LogP contribution in [0.25, 0.3) is 0 Å². The van der Waals surface area contributed by atoms with E-state index in [4.69, 9.17) is 0 Å². The van der Waals surface area contributed by atoms with Crippen LogP contribution in [-0.2, 0) is 0 Å². The third-order valence-corrected chi connectivity index (χ3v) is 2.60. The molecular weight excluding hydrogens is 245 g/mol. The van der Waals surface area contributed by atoms with E-state index in [1.54, 1.807) is 18.3 Å². The van der Waals surface area contributed by atoms with E-state index < -0.39 is 5.54 Å². The van der Waals surface area contributed by atoms with E-state index in [-0.39, 0.29) is 5.82 Å². The average molecular weight is 261 g/mol. The molecule has 1 heterocycles. The van der Waals surface area contributed by atoms with Crippen LogP contribution in [0.3, 0.4) is 0 Å². The van der Waals surface area contributed by atoms with Gasteiger partial charge in [0.1, 0.15) is 11.5 Å². The molecule has 0 atom stereocenters. The van der Waals surface area contributed by atoms with Crippen LogP contribution in [-0.4, -0.2) is 27.9 Å². The lowest BCUT2D eigenvalue weighted by Gasteiger charge is -2.27. The number of hydrogen-bond acceptors (Lipinski definition) is 4. The van der Waals surface area contributed by atoms with Crippen LogP contribution in [0.15, 0.2) is 46.1 Å². The molecule has 1 N–H and O–H groups in total. The van der Waals surface area contributed by atoms with Crippen molar-refractivity contribution in [1.29, 1.82) is 0 Å². The first-order valence-electron chi connectivity index (χ1n) is 5.95. The molecule has 0 spiro atoms. The molecule has 1 aromatic carbocycles. The Morgan fingerprint density at radius 3 is 2.42 bits per heavy atom. The van der Waals surface area contributed by atoms with Gasteiger partial charge in [0.2, 0.25) is 0 Å². The van der Waals surface area contributed by atoms with Gasteiger partial charge in [-0.2, -0.15) is 0 Å². The highest BCUT2D eigenvalue weighted by Gasteiger charge is 2.18. The van der Waals surface area contributed by atoms with Gasteiger partial charge in [0.15, 0.2) is 5.84 Å². The normalized spacial score (nSPS) is 16.9. The number of halogens is 1. The number of amidine groups is 1. The van der Waals surface area contributed by atoms with Crippen molar-refractivity contribution in [1.82, 2.24) is 5.06 Å². The van der Waals surface area contributed by atoms with E-state index in [1.807, 2.05) is 20.8 Å². The zero-order valence-corrected chi connectivity index (χ0v) is 11.1. The summed E-state index contributed by atoms with van der Waals surface area (Å²) < 4.78 is 12.8. The Labute approximate surface area is 111 Å². The lowest BCUT2D eigenvalue weighted by Crippen LogP contribution is -2.34. The largest absolute Gasteiger partial charge is 0.288 e. The molecule has 1 aliphatic heterocycles. The summed E-state index contributed by atoms with van der Waals surface area (Å²) in [5, 5.41) is 10.9. The number of aliphatic imine (C=N–C) groups is 2. The fraction of sp³-hybridized carbons (Fsp3) is 0.286. The Kier molecular flexibility index (Phi) is 3.48. The molecule has 0 fully saturated rings. The van der Waals surface area contributed by atoms with Gasteiger partial charge < -0.3 is 0 Å². The molecule has 0 aliphatic carbocycles. The Morgan fingerprint density at radius 1 is 1.21 bits per heavy atom. The zero-order chi connectivity index (χ0) is 14.0. The van der Waals surface area contributed by atoms with Gasteiger partial charge >= 0.3 is 0 Å². The Hall–Kier alpha value is -2.01. The summed E-state index contributed by atoms with van der Waals surface area (Å²) in [5.74, 6) is 0.213. The molecule has 0 radical (unpaired) electrons. The van der Waals surface area contributed by atoms with Crippen molar-refractivity contribution in [3.05, 3.63) is 47.5 Å². The van der Waals surface area contributed by atoms with Gasteiger partial charge in [0.25, 0.3) is 0 Å². The summed E-state index contributed by atoms with van der Waals surface area (Å²) in [5.41, 5.74) is 0.882. The van der Waals surface area contributed by atoms with Crippen molar-refractivity contribution < 1.29 is 9.60 Å². The molecule has 100 valence electrons. The summed E-state index contributed by atoms with van der Waals surface area (Å²) in [6.45, 7) is 5.63. The predicted molar refractivity (Wildman–Crippen MR) is 72.9 cm³/mol. The van der Waals surface area contributed by atoms with Crippen molar-refractivity contribution in [2.75, 3.05) is 0 Å². The van der Waals surface area contributed by atoms with Crippen molar-refractivity contribution in [2.45, 2.75) is 26.3 Å². The van der Waals surface area contributed by atoms with Crippen LogP contribution in [0.1, 0.15) is 26.3 Å². The lowest BCUT2D eigenvalue weighted by atomic mass is 10.1. The molecule has 4 nitrogen and oxygen atoms in total. The topological polar surface area (TPSA) is 48.2 Å². The quantitative estimate of drug-likeness (QED) is 0.832. The standard InChI is InChI=1S/C14H16FN3O/c1-14(2,3)18(19)9-12-8-16-13(17-12)10-4-6-11(15)7-5-10/h4-9,19H,1-3H3. The molecule has 5 heteroatoms. The molecule has 1 aliphatic rings. The van der Waals surface area contributed by atoms with E-state index in [2.05, 4.69) is 9.98 Å². The first kappa shape index (κ1) is 13.4. The van der Waals surface area contributed by atoms with Gasteiger partial charge in [0.05, 0.1) is 18.0 Å². The molecule has 0 unspecified atom stereocenters. The Morgan fingerprint density at radius 2 is 1.84 bits per heavy atom. The van der Waals surface area contributed by atoms with Gasteiger partial charge in [-0.3, -0.25) is 10.3 Å². The predicted octanol–water partition coefficient (Wildman–Crippen LogP) is 2.99. The minimum Gasteiger partial charge on any atom is -0.288 e. The van der Waals surface area contributed by atoms with E-state index in [0.717, 1.165) is 10.6 Å². The highest BCUT2D eigenvalue weighted by atomic mass is 19.1. The second-order valence-electron chi connectivity index (χ2n) is 5.27. The van der Waals surface area contributed by atoms with E-state index >= 15 is 0 Å². The average Bonchev–Trinajstić information content (AvgIpc) is 2.77. The molecule has 0 amide bonds. The summed E-state index contributed by atoms with van der Waals surface area (Å²) >= 11 is 0. The first-order valence-corrected chi connectivity index (χ1v) is 5.95. The summed E-state index contributed by atoms with van der Waals surface area (Å²) in [6.07, 6.45) is 3.08. The third-order valence-electron chi connectivity index (χ3n) is 2.60. The van der Waals surface area contributed by atoms with Crippen LogP contribution in [0.5, 0.6) is 0 Å². The van der Waals surface area contributed by atoms with Crippen molar-refractivity contribution in [3.8, 4) is 0 Å². The number of benzene rings is 1. The van der Waals surface area contributed by atoms with Crippen LogP contribution in [0.2, 0.25) is 0 Å². The van der Waals surface area contributed by atoms with Crippen molar-refractivity contribution in [2.24, 2.45) is 9.98 Å². The van der Waals surface area contributed by atoms with Gasteiger partial charge in [-0.25, -0.2) is 14.4 Å². The third kappa shape index (κ3) is 3.26. The number of allylic oxidation sites excluding steroid dienone is 1. The molecule has 0 bridgehead atoms.